The van der Waals surface area contributed by atoms with E-state index in [2.05, 4.69) is 15.9 Å². The number of hydrogen-bond donors (Lipinski definition) is 0. The normalized spacial score (nSPS) is 21.6. The molecule has 1 fully saturated rings. The predicted molar refractivity (Wildman–Crippen MR) is 51.2 cm³/mol. The van der Waals surface area contributed by atoms with Crippen molar-refractivity contribution in [3.8, 4) is 0 Å². The van der Waals surface area contributed by atoms with Gasteiger partial charge in [0, 0.05) is 13.0 Å². The highest BCUT2D eigenvalue weighted by Crippen LogP contribution is 2.28. The SMILES string of the molecule is FC1(F)CCN(Cc2ccc(Br)o2)C1. The summed E-state index contributed by atoms with van der Waals surface area (Å²) in [5.74, 6) is -1.81. The van der Waals surface area contributed by atoms with Crippen LogP contribution < -0.4 is 0 Å². The third kappa shape index (κ3) is 2.33. The van der Waals surface area contributed by atoms with Gasteiger partial charge in [-0.3, -0.25) is 4.90 Å². The molecule has 0 radical (unpaired) electrons. The second-order valence-corrected chi connectivity index (χ2v) is 4.30. The van der Waals surface area contributed by atoms with E-state index in [1.807, 2.05) is 0 Å². The average Bonchev–Trinajstić information content (AvgIpc) is 2.59. The summed E-state index contributed by atoms with van der Waals surface area (Å²) in [5.41, 5.74) is 0. The topological polar surface area (TPSA) is 16.4 Å². The molecule has 0 aromatic carbocycles. The lowest BCUT2D eigenvalue weighted by molar-refractivity contribution is 0.0109. The van der Waals surface area contributed by atoms with Crippen LogP contribution in [-0.4, -0.2) is 23.9 Å². The minimum atomic E-state index is -2.52. The van der Waals surface area contributed by atoms with Crippen LogP contribution in [0.4, 0.5) is 8.78 Å². The van der Waals surface area contributed by atoms with Crippen LogP contribution in [0.1, 0.15) is 12.2 Å². The van der Waals surface area contributed by atoms with Crippen LogP contribution >= 0.6 is 15.9 Å². The van der Waals surface area contributed by atoms with E-state index in [-0.39, 0.29) is 13.0 Å². The van der Waals surface area contributed by atoms with Crippen LogP contribution in [0.2, 0.25) is 0 Å². The van der Waals surface area contributed by atoms with Crippen LogP contribution in [0.3, 0.4) is 0 Å². The number of alkyl halides is 2. The maximum absolute atomic E-state index is 12.8. The van der Waals surface area contributed by atoms with Crippen molar-refractivity contribution in [3.05, 3.63) is 22.6 Å². The van der Waals surface area contributed by atoms with Gasteiger partial charge in [0.15, 0.2) is 4.67 Å². The van der Waals surface area contributed by atoms with Crippen molar-refractivity contribution in [2.45, 2.75) is 18.9 Å². The standard InChI is InChI=1S/C9H10BrF2NO/c10-8-2-1-7(14-8)5-13-4-3-9(11,12)6-13/h1-2H,3-6H2. The highest BCUT2D eigenvalue weighted by atomic mass is 79.9. The molecule has 0 bridgehead atoms. The van der Waals surface area contributed by atoms with Gasteiger partial charge in [0.25, 0.3) is 5.92 Å². The Morgan fingerprint density at radius 2 is 2.29 bits per heavy atom. The summed E-state index contributed by atoms with van der Waals surface area (Å²) < 4.78 is 31.5. The Morgan fingerprint density at radius 1 is 1.50 bits per heavy atom. The fraction of sp³-hybridized carbons (Fsp3) is 0.556. The molecule has 0 atom stereocenters. The van der Waals surface area contributed by atoms with Gasteiger partial charge in [-0.25, -0.2) is 8.78 Å². The maximum atomic E-state index is 12.8. The summed E-state index contributed by atoms with van der Waals surface area (Å²) >= 11 is 3.17. The third-order valence-corrected chi connectivity index (χ3v) is 2.68. The Hall–Kier alpha value is -0.420. The largest absolute Gasteiger partial charge is 0.453 e. The molecule has 2 heterocycles. The molecule has 2 nitrogen and oxygen atoms in total. The molecule has 1 aromatic heterocycles. The minimum absolute atomic E-state index is 0.0467. The molecule has 0 unspecified atom stereocenters. The molecule has 14 heavy (non-hydrogen) atoms. The first-order chi connectivity index (χ1) is 6.55. The molecule has 1 aromatic rings. The first-order valence-corrected chi connectivity index (χ1v) is 5.19. The number of furan rings is 1. The quantitative estimate of drug-likeness (QED) is 0.818. The summed E-state index contributed by atoms with van der Waals surface area (Å²) in [6.45, 7) is 0.734. The number of hydrogen-bond acceptors (Lipinski definition) is 2. The molecule has 0 amide bonds. The van der Waals surface area contributed by atoms with Crippen molar-refractivity contribution < 1.29 is 13.2 Å². The predicted octanol–water partition coefficient (Wildman–Crippen LogP) is 2.88. The van der Waals surface area contributed by atoms with Gasteiger partial charge in [0.1, 0.15) is 5.76 Å². The summed E-state index contributed by atoms with van der Waals surface area (Å²) in [4.78, 5) is 1.70. The van der Waals surface area contributed by atoms with Gasteiger partial charge in [0.05, 0.1) is 13.1 Å². The van der Waals surface area contributed by atoms with Crippen molar-refractivity contribution in [1.29, 1.82) is 0 Å². The molecule has 1 aliphatic heterocycles. The fourth-order valence-electron chi connectivity index (χ4n) is 1.60. The molecular weight excluding hydrogens is 256 g/mol. The Morgan fingerprint density at radius 3 is 2.79 bits per heavy atom. The van der Waals surface area contributed by atoms with E-state index in [1.165, 1.54) is 0 Å². The van der Waals surface area contributed by atoms with Crippen LogP contribution in [0, 0.1) is 0 Å². The van der Waals surface area contributed by atoms with Crippen LogP contribution in [0.15, 0.2) is 21.2 Å². The highest BCUT2D eigenvalue weighted by Gasteiger charge is 2.38. The summed E-state index contributed by atoms with van der Waals surface area (Å²) in [5, 5.41) is 0. The number of nitrogens with zero attached hydrogens (tertiary/aromatic N) is 1. The lowest BCUT2D eigenvalue weighted by atomic mass is 10.3. The maximum Gasteiger partial charge on any atom is 0.261 e. The molecule has 5 heteroatoms. The molecule has 2 rings (SSSR count). The van der Waals surface area contributed by atoms with E-state index in [0.717, 1.165) is 5.76 Å². The van der Waals surface area contributed by atoms with Crippen LogP contribution in [-0.2, 0) is 6.54 Å². The molecular formula is C9H10BrF2NO. The van der Waals surface area contributed by atoms with Gasteiger partial charge in [-0.1, -0.05) is 0 Å². The highest BCUT2D eigenvalue weighted by molar-refractivity contribution is 9.10. The van der Waals surface area contributed by atoms with E-state index >= 15 is 0 Å². The molecule has 0 spiro atoms. The summed E-state index contributed by atoms with van der Waals surface area (Å²) in [6, 6.07) is 3.56. The second kappa shape index (κ2) is 3.62. The van der Waals surface area contributed by atoms with Gasteiger partial charge in [0.2, 0.25) is 0 Å². The molecule has 0 saturated carbocycles. The second-order valence-electron chi connectivity index (χ2n) is 3.52. The van der Waals surface area contributed by atoms with E-state index < -0.39 is 5.92 Å². The summed E-state index contributed by atoms with van der Waals surface area (Å²) in [7, 11) is 0. The molecule has 1 aliphatic rings. The monoisotopic (exact) mass is 265 g/mol. The first-order valence-electron chi connectivity index (χ1n) is 4.40. The Balaban J connectivity index is 1.94. The van der Waals surface area contributed by atoms with E-state index in [4.69, 9.17) is 4.42 Å². The Bertz CT molecular complexity index is 326. The van der Waals surface area contributed by atoms with Gasteiger partial charge < -0.3 is 4.42 Å². The van der Waals surface area contributed by atoms with Crippen molar-refractivity contribution in [3.63, 3.8) is 0 Å². The van der Waals surface area contributed by atoms with Gasteiger partial charge in [-0.2, -0.15) is 0 Å². The molecule has 0 aliphatic carbocycles. The van der Waals surface area contributed by atoms with Crippen molar-refractivity contribution in [1.82, 2.24) is 4.90 Å². The van der Waals surface area contributed by atoms with E-state index in [0.29, 0.717) is 17.8 Å². The molecule has 1 saturated heterocycles. The number of halogens is 3. The van der Waals surface area contributed by atoms with Gasteiger partial charge in [-0.15, -0.1) is 0 Å². The van der Waals surface area contributed by atoms with Gasteiger partial charge in [-0.05, 0) is 28.1 Å². The van der Waals surface area contributed by atoms with E-state index in [9.17, 15) is 8.78 Å². The Labute approximate surface area is 89.0 Å². The molecule has 0 N–H and O–H groups in total. The molecule has 78 valence electrons. The fourth-order valence-corrected chi connectivity index (χ4v) is 1.94. The zero-order valence-electron chi connectivity index (χ0n) is 7.47. The van der Waals surface area contributed by atoms with Crippen molar-refractivity contribution in [2.24, 2.45) is 0 Å². The number of likely N-dealkylation sites (tertiary alicyclic amines) is 1. The zero-order chi connectivity index (χ0) is 10.2. The minimum Gasteiger partial charge on any atom is -0.453 e. The first kappa shape index (κ1) is 10.1. The lowest BCUT2D eigenvalue weighted by Gasteiger charge is -2.13. The van der Waals surface area contributed by atoms with Crippen LogP contribution in [0.5, 0.6) is 0 Å². The van der Waals surface area contributed by atoms with Crippen molar-refractivity contribution in [2.75, 3.05) is 13.1 Å². The van der Waals surface area contributed by atoms with Gasteiger partial charge >= 0.3 is 0 Å². The van der Waals surface area contributed by atoms with Crippen molar-refractivity contribution >= 4 is 15.9 Å². The zero-order valence-corrected chi connectivity index (χ0v) is 9.06. The average molecular weight is 266 g/mol. The smallest absolute Gasteiger partial charge is 0.261 e. The van der Waals surface area contributed by atoms with Crippen LogP contribution in [0.25, 0.3) is 0 Å². The Kier molecular flexibility index (Phi) is 2.62. The lowest BCUT2D eigenvalue weighted by Crippen LogP contribution is -2.24. The third-order valence-electron chi connectivity index (χ3n) is 2.26. The summed E-state index contributed by atoms with van der Waals surface area (Å²) in [6.07, 6.45) is -0.0467. The van der Waals surface area contributed by atoms with E-state index in [1.54, 1.807) is 17.0 Å². The number of rotatable bonds is 2.